The van der Waals surface area contributed by atoms with Crippen LogP contribution in [0.1, 0.15) is 37.8 Å². The average molecular weight is 222 g/mol. The minimum atomic E-state index is -0.610. The number of anilines is 1. The lowest BCUT2D eigenvalue weighted by Crippen LogP contribution is -2.28. The molecule has 0 saturated heterocycles. The van der Waals surface area contributed by atoms with E-state index in [9.17, 15) is 9.18 Å². The predicted molar refractivity (Wildman–Crippen MR) is 60.7 cm³/mol. The van der Waals surface area contributed by atoms with Crippen LogP contribution in [0.5, 0.6) is 0 Å². The first-order chi connectivity index (χ1) is 7.30. The van der Waals surface area contributed by atoms with Crippen LogP contribution < -0.4 is 11.1 Å². The van der Waals surface area contributed by atoms with Gasteiger partial charge in [-0.2, -0.15) is 0 Å². The number of carbonyl (C=O) groups excluding carboxylic acids is 1. The number of amides is 1. The number of halogens is 1. The molecule has 0 spiro atoms. The van der Waals surface area contributed by atoms with Gasteiger partial charge in [0, 0.05) is 5.54 Å². The Balaban J connectivity index is 2.60. The second-order valence-corrected chi connectivity index (χ2v) is 4.85. The summed E-state index contributed by atoms with van der Waals surface area (Å²) in [5.74, 6) is -0.892. The van der Waals surface area contributed by atoms with E-state index >= 15 is 0 Å². The van der Waals surface area contributed by atoms with Gasteiger partial charge in [-0.1, -0.05) is 6.07 Å². The van der Waals surface area contributed by atoms with E-state index in [2.05, 4.69) is 5.32 Å². The molecule has 1 aromatic carbocycles. The number of fused-ring (bicyclic) bond motifs is 1. The molecule has 2 rings (SSSR count). The Bertz CT molecular complexity index is 463. The molecule has 1 unspecified atom stereocenters. The highest BCUT2D eigenvalue weighted by atomic mass is 19.1. The summed E-state index contributed by atoms with van der Waals surface area (Å²) in [7, 11) is 0. The van der Waals surface area contributed by atoms with Crippen LogP contribution in [0.25, 0.3) is 0 Å². The first kappa shape index (κ1) is 11.1. The molecule has 0 aliphatic carbocycles. The monoisotopic (exact) mass is 222 g/mol. The number of nitrogens with one attached hydrogen (secondary N) is 1. The molecule has 3 nitrogen and oxygen atoms in total. The summed E-state index contributed by atoms with van der Waals surface area (Å²) in [5.41, 5.74) is 7.01. The van der Waals surface area contributed by atoms with Gasteiger partial charge in [-0.25, -0.2) is 4.39 Å². The predicted octanol–water partition coefficient (Wildman–Crippen LogP) is 2.08. The number of hydrogen-bond acceptors (Lipinski definition) is 2. The van der Waals surface area contributed by atoms with Crippen LogP contribution in [0.2, 0.25) is 0 Å². The lowest BCUT2D eigenvalue weighted by atomic mass is 9.91. The Morgan fingerprint density at radius 2 is 2.06 bits per heavy atom. The molecule has 1 aromatic rings. The standard InChI is InChI=1S/C12H15FN2O/c1-6-8-4-7(12(2,3)14)5-9(13)10(8)15-11(6)16/h4-6H,14H2,1-3H3,(H,15,16). The number of rotatable bonds is 1. The van der Waals surface area contributed by atoms with E-state index in [1.54, 1.807) is 13.0 Å². The van der Waals surface area contributed by atoms with Crippen LogP contribution in [-0.4, -0.2) is 5.91 Å². The van der Waals surface area contributed by atoms with Gasteiger partial charge in [-0.15, -0.1) is 0 Å². The van der Waals surface area contributed by atoms with Crippen LogP contribution in [0, 0.1) is 5.82 Å². The van der Waals surface area contributed by atoms with Crippen LogP contribution in [-0.2, 0) is 10.3 Å². The molecular formula is C12H15FN2O. The summed E-state index contributed by atoms with van der Waals surface area (Å²) in [6.07, 6.45) is 0. The van der Waals surface area contributed by atoms with Gasteiger partial charge in [0.1, 0.15) is 5.82 Å². The van der Waals surface area contributed by atoms with Crippen molar-refractivity contribution < 1.29 is 9.18 Å². The Morgan fingerprint density at radius 3 is 2.62 bits per heavy atom. The lowest BCUT2D eigenvalue weighted by Gasteiger charge is -2.20. The summed E-state index contributed by atoms with van der Waals surface area (Å²) in [5, 5.41) is 2.54. The maximum atomic E-state index is 13.8. The SMILES string of the molecule is CC1C(=O)Nc2c(F)cc(C(C)(C)N)cc21. The van der Waals surface area contributed by atoms with Crippen LogP contribution in [0.15, 0.2) is 12.1 Å². The van der Waals surface area contributed by atoms with Gasteiger partial charge in [0.05, 0.1) is 11.6 Å². The third kappa shape index (κ3) is 1.59. The fourth-order valence-corrected chi connectivity index (χ4v) is 1.85. The molecular weight excluding hydrogens is 207 g/mol. The summed E-state index contributed by atoms with van der Waals surface area (Å²) < 4.78 is 13.8. The van der Waals surface area contributed by atoms with Crippen LogP contribution >= 0.6 is 0 Å². The highest BCUT2D eigenvalue weighted by molar-refractivity contribution is 6.02. The zero-order chi connectivity index (χ0) is 12.1. The largest absolute Gasteiger partial charge is 0.323 e. The van der Waals surface area contributed by atoms with Crippen molar-refractivity contribution in [3.63, 3.8) is 0 Å². The van der Waals surface area contributed by atoms with E-state index in [0.29, 0.717) is 16.8 Å². The minimum absolute atomic E-state index is 0.166. The molecule has 1 heterocycles. The zero-order valence-electron chi connectivity index (χ0n) is 9.60. The quantitative estimate of drug-likeness (QED) is 0.764. The Hall–Kier alpha value is -1.42. The highest BCUT2D eigenvalue weighted by Gasteiger charge is 2.31. The number of carbonyl (C=O) groups is 1. The molecule has 1 aliphatic rings. The Labute approximate surface area is 93.8 Å². The zero-order valence-corrected chi connectivity index (χ0v) is 9.60. The smallest absolute Gasteiger partial charge is 0.231 e. The average Bonchev–Trinajstić information content (AvgIpc) is 2.44. The van der Waals surface area contributed by atoms with Gasteiger partial charge in [-0.05, 0) is 38.0 Å². The Kier molecular flexibility index (Phi) is 2.27. The molecule has 1 atom stereocenters. The van der Waals surface area contributed by atoms with Crippen molar-refractivity contribution in [1.29, 1.82) is 0 Å². The Morgan fingerprint density at radius 1 is 1.44 bits per heavy atom. The second kappa shape index (κ2) is 3.28. The van der Waals surface area contributed by atoms with Crippen molar-refractivity contribution in [2.75, 3.05) is 5.32 Å². The molecule has 86 valence electrons. The molecule has 16 heavy (non-hydrogen) atoms. The van der Waals surface area contributed by atoms with E-state index in [0.717, 1.165) is 0 Å². The highest BCUT2D eigenvalue weighted by Crippen LogP contribution is 2.36. The van der Waals surface area contributed by atoms with Crippen molar-refractivity contribution in [3.05, 3.63) is 29.1 Å². The maximum absolute atomic E-state index is 13.8. The van der Waals surface area contributed by atoms with Gasteiger partial charge >= 0.3 is 0 Å². The fourth-order valence-electron chi connectivity index (χ4n) is 1.85. The van der Waals surface area contributed by atoms with E-state index in [-0.39, 0.29) is 11.8 Å². The maximum Gasteiger partial charge on any atom is 0.231 e. The summed E-state index contributed by atoms with van der Waals surface area (Å²) in [4.78, 5) is 11.4. The molecule has 0 radical (unpaired) electrons. The summed E-state index contributed by atoms with van der Waals surface area (Å²) in [6.45, 7) is 5.37. The van der Waals surface area contributed by atoms with Crippen molar-refractivity contribution in [3.8, 4) is 0 Å². The van der Waals surface area contributed by atoms with Crippen LogP contribution in [0.3, 0.4) is 0 Å². The molecule has 3 N–H and O–H groups in total. The van der Waals surface area contributed by atoms with Crippen molar-refractivity contribution in [1.82, 2.24) is 0 Å². The van der Waals surface area contributed by atoms with Gasteiger partial charge in [0.2, 0.25) is 5.91 Å². The van der Waals surface area contributed by atoms with Gasteiger partial charge in [0.15, 0.2) is 0 Å². The molecule has 1 aliphatic heterocycles. The molecule has 0 fully saturated rings. The van der Waals surface area contributed by atoms with Gasteiger partial charge in [-0.3, -0.25) is 4.79 Å². The number of benzene rings is 1. The summed E-state index contributed by atoms with van der Waals surface area (Å²) in [6, 6.07) is 3.19. The second-order valence-electron chi connectivity index (χ2n) is 4.85. The molecule has 0 saturated carbocycles. The number of hydrogen-bond donors (Lipinski definition) is 2. The molecule has 0 bridgehead atoms. The molecule has 1 amide bonds. The third-order valence-electron chi connectivity index (χ3n) is 2.97. The van der Waals surface area contributed by atoms with E-state index in [1.165, 1.54) is 6.07 Å². The lowest BCUT2D eigenvalue weighted by molar-refractivity contribution is -0.116. The first-order valence-corrected chi connectivity index (χ1v) is 5.24. The molecule has 4 heteroatoms. The van der Waals surface area contributed by atoms with Crippen molar-refractivity contribution >= 4 is 11.6 Å². The normalized spacial score (nSPS) is 19.6. The van der Waals surface area contributed by atoms with Gasteiger partial charge in [0.25, 0.3) is 0 Å². The van der Waals surface area contributed by atoms with Crippen molar-refractivity contribution in [2.24, 2.45) is 5.73 Å². The van der Waals surface area contributed by atoms with Gasteiger partial charge < -0.3 is 11.1 Å². The van der Waals surface area contributed by atoms with Crippen LogP contribution in [0.4, 0.5) is 10.1 Å². The van der Waals surface area contributed by atoms with E-state index in [1.807, 2.05) is 13.8 Å². The minimum Gasteiger partial charge on any atom is -0.323 e. The number of nitrogens with two attached hydrogens (primary N) is 1. The third-order valence-corrected chi connectivity index (χ3v) is 2.97. The topological polar surface area (TPSA) is 55.1 Å². The van der Waals surface area contributed by atoms with E-state index in [4.69, 9.17) is 5.73 Å². The summed E-state index contributed by atoms with van der Waals surface area (Å²) >= 11 is 0. The first-order valence-electron chi connectivity index (χ1n) is 5.24. The molecule has 0 aromatic heterocycles. The van der Waals surface area contributed by atoms with Crippen molar-refractivity contribution in [2.45, 2.75) is 32.2 Å². The van der Waals surface area contributed by atoms with E-state index < -0.39 is 11.4 Å². The fraction of sp³-hybridized carbons (Fsp3) is 0.417.